The van der Waals surface area contributed by atoms with Crippen LogP contribution in [0.15, 0.2) is 0 Å². The Morgan fingerprint density at radius 2 is 1.93 bits per heavy atom. The van der Waals surface area contributed by atoms with Gasteiger partial charge < -0.3 is 15.3 Å². The smallest absolute Gasteiger partial charge is 0.465 e. The summed E-state index contributed by atoms with van der Waals surface area (Å²) >= 11 is 0. The van der Waals surface area contributed by atoms with Crippen molar-refractivity contribution < 1.29 is 27.9 Å². The minimum Gasteiger partial charge on any atom is -0.465 e. The summed E-state index contributed by atoms with van der Waals surface area (Å²) in [7, 11) is 0.944. The Balaban J connectivity index is 3.91. The number of amides is 2. The molecule has 0 bridgehead atoms. The Morgan fingerprint density at radius 1 is 1.43 bits per heavy atom. The van der Waals surface area contributed by atoms with Crippen molar-refractivity contribution in [2.75, 3.05) is 20.1 Å². The van der Waals surface area contributed by atoms with Gasteiger partial charge in [-0.25, -0.2) is 4.79 Å². The van der Waals surface area contributed by atoms with Crippen molar-refractivity contribution >= 4 is 12.0 Å². The molecule has 0 heterocycles. The van der Waals surface area contributed by atoms with Crippen molar-refractivity contribution in [3.63, 3.8) is 0 Å². The first-order valence-electron chi connectivity index (χ1n) is 3.54. The van der Waals surface area contributed by atoms with E-state index in [4.69, 9.17) is 5.11 Å². The van der Waals surface area contributed by atoms with Crippen LogP contribution in [-0.2, 0) is 4.79 Å². The van der Waals surface area contributed by atoms with Gasteiger partial charge in [0.1, 0.15) is 0 Å². The van der Waals surface area contributed by atoms with E-state index in [0.717, 1.165) is 7.05 Å². The van der Waals surface area contributed by atoms with Gasteiger partial charge in [-0.3, -0.25) is 4.79 Å². The van der Waals surface area contributed by atoms with E-state index in [1.807, 2.05) is 5.32 Å². The largest absolute Gasteiger partial charge is 0.471 e. The molecule has 0 aliphatic rings. The Bertz CT molecular complexity index is 229. The minimum absolute atomic E-state index is 0.242. The normalized spacial score (nSPS) is 10.9. The number of likely N-dealkylation sites (N-methyl/N-ethyl adjacent to an activating group) is 1. The zero-order chi connectivity index (χ0) is 11.4. The van der Waals surface area contributed by atoms with Gasteiger partial charge in [0.25, 0.3) is 0 Å². The predicted molar refractivity (Wildman–Crippen MR) is 39.7 cm³/mol. The lowest BCUT2D eigenvalue weighted by atomic mass is 10.5. The quantitative estimate of drug-likeness (QED) is 0.708. The van der Waals surface area contributed by atoms with E-state index in [1.165, 1.54) is 0 Å². The number of carbonyl (C=O) groups is 2. The maximum absolute atomic E-state index is 11.8. The average molecular weight is 214 g/mol. The summed E-state index contributed by atoms with van der Waals surface area (Å²) in [6.45, 7) is -0.571. The van der Waals surface area contributed by atoms with Crippen LogP contribution < -0.4 is 5.32 Å². The number of rotatable bonds is 3. The third-order valence-corrected chi connectivity index (χ3v) is 1.31. The number of hydrogen-bond donors (Lipinski definition) is 2. The lowest BCUT2D eigenvalue weighted by Crippen LogP contribution is -2.42. The highest BCUT2D eigenvalue weighted by molar-refractivity contribution is 5.81. The first kappa shape index (κ1) is 12.5. The second-order valence-corrected chi connectivity index (χ2v) is 2.46. The topological polar surface area (TPSA) is 69.6 Å². The van der Waals surface area contributed by atoms with E-state index in [2.05, 4.69) is 0 Å². The van der Waals surface area contributed by atoms with Gasteiger partial charge in [0, 0.05) is 20.1 Å². The average Bonchev–Trinajstić information content (AvgIpc) is 2.00. The summed E-state index contributed by atoms with van der Waals surface area (Å²) < 4.78 is 35.3. The monoisotopic (exact) mass is 214 g/mol. The fourth-order valence-corrected chi connectivity index (χ4v) is 0.649. The molecule has 0 atom stereocenters. The summed E-state index contributed by atoms with van der Waals surface area (Å²) in [6, 6.07) is 0. The maximum atomic E-state index is 11.8. The van der Waals surface area contributed by atoms with Gasteiger partial charge in [0.2, 0.25) is 0 Å². The molecule has 0 saturated heterocycles. The number of halogens is 3. The van der Waals surface area contributed by atoms with E-state index in [-0.39, 0.29) is 13.1 Å². The van der Waals surface area contributed by atoms with Crippen molar-refractivity contribution in [2.24, 2.45) is 0 Å². The molecular weight excluding hydrogens is 205 g/mol. The van der Waals surface area contributed by atoms with Gasteiger partial charge in [-0.1, -0.05) is 0 Å². The van der Waals surface area contributed by atoms with Gasteiger partial charge in [-0.15, -0.1) is 0 Å². The SMILES string of the molecule is CN(CCNC(=O)O)C(=O)C(F)(F)F. The van der Waals surface area contributed by atoms with Crippen molar-refractivity contribution in [1.82, 2.24) is 10.2 Å². The lowest BCUT2D eigenvalue weighted by Gasteiger charge is -2.18. The van der Waals surface area contributed by atoms with Gasteiger partial charge in [0.05, 0.1) is 0 Å². The molecule has 0 aliphatic carbocycles. The molecule has 2 amide bonds. The Kier molecular flexibility index (Phi) is 4.19. The van der Waals surface area contributed by atoms with Gasteiger partial charge in [-0.05, 0) is 0 Å². The highest BCUT2D eigenvalue weighted by Crippen LogP contribution is 2.16. The highest BCUT2D eigenvalue weighted by Gasteiger charge is 2.40. The summed E-state index contributed by atoms with van der Waals surface area (Å²) in [5.74, 6) is -2.00. The molecule has 0 fully saturated rings. The van der Waals surface area contributed by atoms with E-state index < -0.39 is 18.2 Å². The van der Waals surface area contributed by atoms with E-state index >= 15 is 0 Å². The second kappa shape index (κ2) is 4.68. The van der Waals surface area contributed by atoms with Gasteiger partial charge in [0.15, 0.2) is 0 Å². The number of hydrogen-bond acceptors (Lipinski definition) is 2. The van der Waals surface area contributed by atoms with E-state index in [1.54, 1.807) is 0 Å². The molecule has 0 aromatic carbocycles. The third kappa shape index (κ3) is 4.53. The Labute approximate surface area is 77.5 Å². The predicted octanol–water partition coefficient (Wildman–Crippen LogP) is 0.275. The molecular formula is C6H9F3N2O3. The zero-order valence-corrected chi connectivity index (χ0v) is 7.26. The molecule has 0 radical (unpaired) electrons. The molecule has 0 unspecified atom stereocenters. The highest BCUT2D eigenvalue weighted by atomic mass is 19.4. The van der Waals surface area contributed by atoms with Crippen molar-refractivity contribution in [3.05, 3.63) is 0 Å². The molecule has 0 spiro atoms. The van der Waals surface area contributed by atoms with Gasteiger partial charge in [-0.2, -0.15) is 13.2 Å². The molecule has 0 saturated carbocycles. The fourth-order valence-electron chi connectivity index (χ4n) is 0.649. The Morgan fingerprint density at radius 3 is 2.29 bits per heavy atom. The molecule has 0 aliphatic heterocycles. The first-order valence-corrected chi connectivity index (χ1v) is 3.54. The lowest BCUT2D eigenvalue weighted by molar-refractivity contribution is -0.183. The first-order chi connectivity index (χ1) is 6.25. The number of carboxylic acid groups (broad SMARTS) is 1. The zero-order valence-electron chi connectivity index (χ0n) is 7.26. The molecule has 8 heteroatoms. The molecule has 14 heavy (non-hydrogen) atoms. The summed E-state index contributed by atoms with van der Waals surface area (Å²) in [6.07, 6.45) is -6.27. The maximum Gasteiger partial charge on any atom is 0.471 e. The van der Waals surface area contributed by atoms with Crippen molar-refractivity contribution in [1.29, 1.82) is 0 Å². The van der Waals surface area contributed by atoms with Crippen LogP contribution >= 0.6 is 0 Å². The number of carbonyl (C=O) groups excluding carboxylic acids is 1. The molecule has 0 aromatic rings. The summed E-state index contributed by atoms with van der Waals surface area (Å²) in [5, 5.41) is 9.93. The Hall–Kier alpha value is -1.47. The van der Waals surface area contributed by atoms with Crippen LogP contribution in [0.2, 0.25) is 0 Å². The van der Waals surface area contributed by atoms with Crippen LogP contribution in [0.4, 0.5) is 18.0 Å². The van der Waals surface area contributed by atoms with Crippen LogP contribution in [0.25, 0.3) is 0 Å². The number of alkyl halides is 3. The molecule has 2 N–H and O–H groups in total. The molecule has 5 nitrogen and oxygen atoms in total. The standard InChI is InChI=1S/C6H9F3N2O3/c1-11(3-2-10-5(13)14)4(12)6(7,8)9/h10H,2-3H2,1H3,(H,13,14). The number of nitrogens with zero attached hydrogens (tertiary/aromatic N) is 1. The summed E-state index contributed by atoms with van der Waals surface area (Å²) in [5.41, 5.74) is 0. The van der Waals surface area contributed by atoms with E-state index in [9.17, 15) is 22.8 Å². The van der Waals surface area contributed by atoms with Crippen molar-refractivity contribution in [2.45, 2.75) is 6.18 Å². The van der Waals surface area contributed by atoms with Crippen LogP contribution in [0.1, 0.15) is 0 Å². The van der Waals surface area contributed by atoms with Crippen molar-refractivity contribution in [3.8, 4) is 0 Å². The van der Waals surface area contributed by atoms with Gasteiger partial charge >= 0.3 is 18.2 Å². The fraction of sp³-hybridized carbons (Fsp3) is 0.667. The summed E-state index contributed by atoms with van der Waals surface area (Å²) in [4.78, 5) is 20.8. The molecule has 0 aromatic heterocycles. The molecule has 0 rings (SSSR count). The number of nitrogens with one attached hydrogen (secondary N) is 1. The third-order valence-electron chi connectivity index (χ3n) is 1.31. The second-order valence-electron chi connectivity index (χ2n) is 2.46. The minimum atomic E-state index is -4.92. The van der Waals surface area contributed by atoms with Crippen LogP contribution in [0.3, 0.4) is 0 Å². The van der Waals surface area contributed by atoms with E-state index in [0.29, 0.717) is 4.90 Å². The molecule has 82 valence electrons. The van der Waals surface area contributed by atoms with Crippen LogP contribution in [0, 0.1) is 0 Å². The van der Waals surface area contributed by atoms with Crippen LogP contribution in [0.5, 0.6) is 0 Å². The van der Waals surface area contributed by atoms with Crippen LogP contribution in [-0.4, -0.2) is 48.3 Å².